The number of hydrogen-bond acceptors (Lipinski definition) is 71. The number of rotatable bonds is 44. The minimum absolute atomic E-state index is 0.339. The molecule has 8 aliphatic rings. The van der Waals surface area contributed by atoms with Crippen molar-refractivity contribution in [2.24, 2.45) is 0 Å². The molecule has 0 aromatic rings. The molecule has 0 aromatic heterocycles. The van der Waals surface area contributed by atoms with Crippen LogP contribution in [0.4, 0.5) is 0 Å². The Morgan fingerprint density at radius 1 is 0.316 bits per heavy atom. The van der Waals surface area contributed by atoms with Gasteiger partial charge in [0.25, 0.3) is 0 Å². The molecule has 7 saturated heterocycles. The Bertz CT molecular complexity index is 5490. The van der Waals surface area contributed by atoms with E-state index in [-0.39, 0.29) is 0 Å². The molecule has 85 heteroatoms. The molecule has 1 amide bonds. The smallest absolute Gasteiger partial charge is 0.229 e. The highest BCUT2D eigenvalue weighted by Crippen LogP contribution is 2.42. The molecule has 0 unspecified atom stereocenters. The second-order valence-corrected chi connectivity index (χ2v) is 38.9. The number of carboxylic acids is 4. The van der Waals surface area contributed by atoms with Crippen LogP contribution < -0.4 is 39.9 Å². The van der Waals surface area contributed by atoms with Crippen LogP contribution in [0.15, 0.2) is 11.8 Å². The second-order valence-electron chi connectivity index (χ2n) is 28.3. The summed E-state index contributed by atoms with van der Waals surface area (Å²) in [6, 6.07) is -12.1. The first-order valence-corrected chi connectivity index (χ1v) is 49.3. The number of aliphatic carboxylic acids is 4. The number of hydrogen-bond donors (Lipinski definition) is 13. The third-order valence-corrected chi connectivity index (χ3v) is 23.8. The van der Waals surface area contributed by atoms with Crippen molar-refractivity contribution in [1.82, 2.24) is 19.5 Å². The van der Waals surface area contributed by atoms with Crippen LogP contribution in [0.1, 0.15) is 6.92 Å². The maximum atomic E-state index is 13.3. The van der Waals surface area contributed by atoms with E-state index in [9.17, 15) is 220 Å². The lowest BCUT2D eigenvalue weighted by Gasteiger charge is -2.52. The zero-order valence-electron chi connectivity index (χ0n) is 65.8. The Hall–Kier alpha value is -5.37. The molecule has 8 aliphatic heterocycles. The van der Waals surface area contributed by atoms with Crippen LogP contribution in [0.5, 0.6) is 0 Å². The van der Waals surface area contributed by atoms with Gasteiger partial charge in [0.15, 0.2) is 87.2 Å². The lowest BCUT2D eigenvalue weighted by molar-refractivity contribution is -0.393. The van der Waals surface area contributed by atoms with E-state index in [4.69, 9.17) is 75.8 Å². The lowest BCUT2D eigenvalue weighted by atomic mass is 9.94. The fourth-order valence-corrected chi connectivity index (χ4v) is 18.2. The third kappa shape index (κ3) is 32.3. The quantitative estimate of drug-likeness (QED) is 0.0199. The van der Waals surface area contributed by atoms with Crippen molar-refractivity contribution >= 4 is 133 Å². The van der Waals surface area contributed by atoms with Gasteiger partial charge in [0.05, 0.1) is 44.3 Å². The van der Waals surface area contributed by atoms with Crippen molar-refractivity contribution in [1.29, 1.82) is 0 Å². The summed E-state index contributed by atoms with van der Waals surface area (Å²) in [6.07, 6.45) is -108. The van der Waals surface area contributed by atoms with E-state index in [1.165, 1.54) is 4.72 Å². The number of methoxy groups -OCH3 is 1. The van der Waals surface area contributed by atoms with E-state index in [1.54, 1.807) is 0 Å². The number of aliphatic hydroxyl groups excluding tert-OH is 9. The van der Waals surface area contributed by atoms with Crippen molar-refractivity contribution in [2.75, 3.05) is 33.5 Å². The van der Waals surface area contributed by atoms with Crippen LogP contribution in [0.2, 0.25) is 0 Å². The Balaban J connectivity index is 1.15. The average Bonchev–Trinajstić information content (AvgIpc) is 0.754. The van der Waals surface area contributed by atoms with Crippen LogP contribution in [0.3, 0.4) is 0 Å². The van der Waals surface area contributed by atoms with Gasteiger partial charge in [-0.25, -0.2) is 98.3 Å². The van der Waals surface area contributed by atoms with Crippen LogP contribution in [-0.4, -0.2) is 472 Å². The molecule has 13 N–H and O–H groups in total. The molecule has 0 aliphatic carbocycles. The van der Waals surface area contributed by atoms with Gasteiger partial charge in [0, 0.05) is 14.0 Å². The molecule has 7 fully saturated rings. The molecule has 0 spiro atoms. The van der Waals surface area contributed by atoms with E-state index >= 15 is 0 Å². The van der Waals surface area contributed by atoms with Crippen LogP contribution in [-0.2, 0) is 233 Å². The molecular formula is C51H66N4O71S10-14. The number of aliphatic hydroxyl groups is 9. The Labute approximate surface area is 759 Å². The number of amides is 1. The Kier molecular flexibility index (Phi) is 38.2. The summed E-state index contributed by atoms with van der Waals surface area (Å²) < 4.78 is 483. The van der Waals surface area contributed by atoms with Crippen LogP contribution >= 0.6 is 0 Å². The molecule has 38 atom stereocenters. The zero-order valence-corrected chi connectivity index (χ0v) is 73.9. The van der Waals surface area contributed by atoms with Gasteiger partial charge in [0.2, 0.25) is 85.0 Å². The molecule has 0 bridgehead atoms. The fourth-order valence-electron chi connectivity index (χ4n) is 13.8. The Morgan fingerprint density at radius 2 is 0.603 bits per heavy atom. The summed E-state index contributed by atoms with van der Waals surface area (Å²) in [5.41, 5.74) is 0. The zero-order chi connectivity index (χ0) is 103. The van der Waals surface area contributed by atoms with Gasteiger partial charge >= 0.3 is 0 Å². The summed E-state index contributed by atoms with van der Waals surface area (Å²) in [7, 11) is -63.4. The van der Waals surface area contributed by atoms with Crippen molar-refractivity contribution in [3.8, 4) is 0 Å². The molecule has 0 saturated carbocycles. The molecule has 8 rings (SSSR count). The fraction of sp³-hybridized carbons (Fsp3) is 0.863. The molecule has 0 aromatic carbocycles. The van der Waals surface area contributed by atoms with Crippen molar-refractivity contribution in [3.63, 3.8) is 0 Å². The van der Waals surface area contributed by atoms with Gasteiger partial charge < -0.3 is 212 Å². The topological polar surface area (TPSA) is 1190 Å². The molecule has 136 heavy (non-hydrogen) atoms. The summed E-state index contributed by atoms with van der Waals surface area (Å²) in [5.74, 6) is -13.6. The first-order valence-electron chi connectivity index (χ1n) is 35.8. The van der Waals surface area contributed by atoms with E-state index < -0.39 is 399 Å². The minimum atomic E-state index is -6.89. The second kappa shape index (κ2) is 44.9. The normalized spacial score (nSPS) is 39.0. The summed E-state index contributed by atoms with van der Waals surface area (Å²) >= 11 is 0. The highest BCUT2D eigenvalue weighted by Gasteiger charge is 2.63. The van der Waals surface area contributed by atoms with Gasteiger partial charge in [-0.3, -0.25) is 34.1 Å². The number of carbonyl (C=O) groups excluding carboxylic acids is 5. The first-order chi connectivity index (χ1) is 61.9. The maximum absolute atomic E-state index is 13.3. The van der Waals surface area contributed by atoms with E-state index in [0.29, 0.717) is 20.1 Å². The van der Waals surface area contributed by atoms with Gasteiger partial charge in [-0.1, -0.05) is 0 Å². The largest absolute Gasteiger partial charge is 0.735 e. The highest BCUT2D eigenvalue weighted by atomic mass is 32.3. The van der Waals surface area contributed by atoms with E-state index in [0.717, 1.165) is 9.44 Å². The SMILES string of the molecule is CO[C@H]1O[C@H](COS(=O)(=O)[O-])[C@@H](O[C@@H]2O[C@@H](C(=O)[O-])[C@@H](O[C@H]3O[C@H](COS(=O)(=O)[O-])[C@@H](O[C@@H]4O[C@@H](C(=O)[O-])[C@@H](O[C@H]5O[C@H](COS(=O)(=O)[O-])[C@@H](O[C@@H]6O[C@H](C(=O)[O-])[C@@H](O[C@H]7O[C@H](COS(=O)(=O)[O-])[C@@H](O[C@@H]8OC(C(=O)[O-])=C[C@H](O)[C@H]8O)[C@H](O)[C@H]7NC(C)=O)[C@H](O)[C@H]6O)[C@H](OS(=O)(=O)[O-])[C@H]5NS(=O)(=O)[O-])[C@H](O)[C@H]4OS(=O)(=O)[O-])[C@H](O)[C@H]3NS(=O)(=O)[O-])[C@H](O)[C@H]2OS(=O)(=O)[O-])[C@H](O)[C@H]1NS(=O)(=O)[O-]. The monoisotopic (exact) mass is 2190 g/mol. The van der Waals surface area contributed by atoms with Gasteiger partial charge in [-0.05, 0) is 6.08 Å². The van der Waals surface area contributed by atoms with Crippen molar-refractivity contribution in [3.05, 3.63) is 11.8 Å². The van der Waals surface area contributed by atoms with Crippen molar-refractivity contribution in [2.45, 2.75) is 240 Å². The first kappa shape index (κ1) is 116. The van der Waals surface area contributed by atoms with Crippen LogP contribution in [0.25, 0.3) is 0 Å². The predicted molar refractivity (Wildman–Crippen MR) is 363 cm³/mol. The minimum Gasteiger partial charge on any atom is -0.735 e. The molecular weight excluding hydrogens is 2130 g/mol. The summed E-state index contributed by atoms with van der Waals surface area (Å²) in [4.78, 5) is 63.8. The van der Waals surface area contributed by atoms with E-state index in [2.05, 4.69) is 29.3 Å². The Morgan fingerprint density at radius 3 is 0.934 bits per heavy atom. The standard InChI is InChI=1S/C51H80N4O71S10/c1-8(56)52-15-20(59)27(114-48-19(58)9(57)3-10(109-48)40(66)67)12(5-106-131(86,87)88)111-45(15)118-32-23(62)24(63)49(121-37(32)41(68)69)117-30-14(7-108-133(92,93)94)113-47(18(55-129(80,81)82)31(30)124-134(95,96)97)120-34-26(65)36(126-136(101,102)103)51(123-39(34)43(72)73)116-29-13(6-107-132(89,90)91)112-46(17(22(29)61)54-128(77,78)79)119-33-25(64)35(125-135(98,99)100)50(122-38(33)42(70)71)115-28-11(4-105-130(83,84)85)110-44(104-2)16(21(28)60)53-127(74,75)76/h3,9,11-39,44-51,53-55,57-65H,4-7H2,1-2H3,(H,52,56)(H,66,67)(H,68,69)(H,70,71)(H,72,73)(H,74,75,76)(H,77,78,79)(H,80,81,82)(H,83,84,85)(H,86,87,88)(H,89,90,91)(H,92,93,94)(H,95,96,97)(H,98,99,100)(H,101,102,103)/p-14/t9-,11+,12+,13+,14+,15+,16+,17+,18+,19+,20+,21+,22+,23+,24+,25-,26-,27+,28+,29+,30+,31+,32-,33-,34-,35+,36+,37-,38+,39+,44-,45+,46+,47+,48-,49+,50+,51+/m0/s1. The molecule has 75 nitrogen and oxygen atoms in total. The van der Waals surface area contributed by atoms with Gasteiger partial charge in [0.1, 0.15) is 182 Å². The molecule has 8 heterocycles. The number of carboxylic acid groups (broad SMARTS) is 4. The number of nitrogens with one attached hydrogen (secondary N) is 4. The van der Waals surface area contributed by atoms with Crippen LogP contribution in [0, 0.1) is 0 Å². The number of carbonyl (C=O) groups is 5. The van der Waals surface area contributed by atoms with Crippen molar-refractivity contribution < 1.29 is 325 Å². The number of ether oxygens (including phenoxy) is 16. The van der Waals surface area contributed by atoms with Gasteiger partial charge in [-0.15, -0.1) is 0 Å². The molecule has 0 radical (unpaired) electrons. The summed E-state index contributed by atoms with van der Waals surface area (Å²) in [5, 5.41) is 156. The van der Waals surface area contributed by atoms with E-state index in [1.807, 2.05) is 5.32 Å². The predicted octanol–water partition coefficient (Wildman–Crippen LogP) is -27.9. The third-order valence-electron chi connectivity index (χ3n) is 19.0. The highest BCUT2D eigenvalue weighted by molar-refractivity contribution is 7.84. The summed E-state index contributed by atoms with van der Waals surface area (Å²) in [6.45, 7) is -7.43. The maximum Gasteiger partial charge on any atom is 0.229 e. The lowest BCUT2D eigenvalue weighted by Crippen LogP contribution is -2.72. The molecule has 790 valence electrons. The van der Waals surface area contributed by atoms with Gasteiger partial charge in [-0.2, -0.15) is 0 Å². The average molecular weight is 2190 g/mol.